The van der Waals surface area contributed by atoms with Crippen molar-refractivity contribution in [3.05, 3.63) is 15.0 Å². The van der Waals surface area contributed by atoms with E-state index in [1.807, 2.05) is 11.6 Å². The van der Waals surface area contributed by atoms with Crippen molar-refractivity contribution in [1.82, 2.24) is 14.7 Å². The average molecular weight is 329 g/mol. The number of aryl methyl sites for hydroxylation is 1. The van der Waals surface area contributed by atoms with Crippen molar-refractivity contribution in [2.45, 2.75) is 26.9 Å². The smallest absolute Gasteiger partial charge is 0.298 e. The number of nitrogens with zero attached hydrogens (tertiary/aromatic N) is 3. The van der Waals surface area contributed by atoms with E-state index >= 15 is 0 Å². The first kappa shape index (κ1) is 11.5. The van der Waals surface area contributed by atoms with Crippen molar-refractivity contribution in [2.75, 3.05) is 6.54 Å². The zero-order valence-electron chi connectivity index (χ0n) is 9.25. The Labute approximate surface area is 108 Å². The lowest BCUT2D eigenvalue weighted by molar-refractivity contribution is -0.126. The molecule has 0 saturated heterocycles. The fraction of sp³-hybridized carbons (Fsp3) is 0.455. The number of fused-ring (bicyclic) bond motifs is 1. The number of halogens is 1. The van der Waals surface area contributed by atoms with Crippen LogP contribution in [0.25, 0.3) is 0 Å². The summed E-state index contributed by atoms with van der Waals surface area (Å²) in [4.78, 5) is 13.4. The molecule has 84 valence electrons. The van der Waals surface area contributed by atoms with Gasteiger partial charge >= 0.3 is 0 Å². The van der Waals surface area contributed by atoms with E-state index in [2.05, 4.69) is 39.5 Å². The lowest BCUT2D eigenvalue weighted by atomic mass is 10.3. The van der Waals surface area contributed by atoms with Gasteiger partial charge in [-0.2, -0.15) is 5.10 Å². The van der Waals surface area contributed by atoms with E-state index in [1.165, 1.54) is 0 Å². The van der Waals surface area contributed by atoms with E-state index in [-0.39, 0.29) is 5.91 Å². The molecule has 0 radical (unpaired) electrons. The molecule has 16 heavy (non-hydrogen) atoms. The number of hydrogen-bond acceptors (Lipinski definition) is 2. The summed E-state index contributed by atoms with van der Waals surface area (Å²) < 4.78 is 3.14. The van der Waals surface area contributed by atoms with Crippen molar-refractivity contribution >= 4 is 28.5 Å². The minimum Gasteiger partial charge on any atom is -0.324 e. The first-order valence-corrected chi connectivity index (χ1v) is 6.14. The van der Waals surface area contributed by atoms with Gasteiger partial charge in [-0.05, 0) is 42.4 Å². The standard InChI is InChI=1S/C11H12IN3O/c1-3-4-10(16)14-5-6-15-9(7-14)11(12)8(2)13-15/h5-7H2,1-2H3. The number of amides is 1. The van der Waals surface area contributed by atoms with Crippen LogP contribution < -0.4 is 0 Å². The summed E-state index contributed by atoms with van der Waals surface area (Å²) in [7, 11) is 0. The first-order chi connectivity index (χ1) is 7.63. The van der Waals surface area contributed by atoms with E-state index in [4.69, 9.17) is 0 Å². The molecule has 0 bridgehead atoms. The van der Waals surface area contributed by atoms with Crippen LogP contribution in [0.15, 0.2) is 0 Å². The molecule has 2 heterocycles. The maximum absolute atomic E-state index is 11.6. The van der Waals surface area contributed by atoms with Crippen molar-refractivity contribution in [3.63, 3.8) is 0 Å². The maximum Gasteiger partial charge on any atom is 0.298 e. The largest absolute Gasteiger partial charge is 0.324 e. The summed E-state index contributed by atoms with van der Waals surface area (Å²) in [5.41, 5.74) is 2.15. The van der Waals surface area contributed by atoms with Crippen molar-refractivity contribution in [1.29, 1.82) is 0 Å². The second-order valence-electron chi connectivity index (χ2n) is 3.67. The normalized spacial score (nSPS) is 14.1. The Balaban J connectivity index is 2.25. The highest BCUT2D eigenvalue weighted by Crippen LogP contribution is 2.21. The summed E-state index contributed by atoms with van der Waals surface area (Å²) >= 11 is 2.28. The van der Waals surface area contributed by atoms with Gasteiger partial charge in [0.15, 0.2) is 0 Å². The van der Waals surface area contributed by atoms with Crippen LogP contribution in [0.2, 0.25) is 0 Å². The number of carbonyl (C=O) groups is 1. The molecule has 1 aromatic rings. The highest BCUT2D eigenvalue weighted by Gasteiger charge is 2.23. The van der Waals surface area contributed by atoms with Gasteiger partial charge in [0.05, 0.1) is 28.0 Å². The third kappa shape index (κ3) is 1.94. The molecule has 1 aliphatic heterocycles. The fourth-order valence-electron chi connectivity index (χ4n) is 1.78. The van der Waals surface area contributed by atoms with Crippen molar-refractivity contribution in [3.8, 4) is 11.8 Å². The number of carbonyl (C=O) groups excluding carboxylic acids is 1. The van der Waals surface area contributed by atoms with Gasteiger partial charge in [-0.25, -0.2) is 0 Å². The van der Waals surface area contributed by atoms with Gasteiger partial charge in [0, 0.05) is 6.54 Å². The molecule has 0 spiro atoms. The summed E-state index contributed by atoms with van der Waals surface area (Å²) in [6.45, 7) is 5.74. The fourth-order valence-corrected chi connectivity index (χ4v) is 2.33. The zero-order chi connectivity index (χ0) is 11.7. The molecule has 0 saturated carbocycles. The number of hydrogen-bond donors (Lipinski definition) is 0. The molecule has 0 aliphatic carbocycles. The minimum absolute atomic E-state index is 0.0941. The van der Waals surface area contributed by atoms with E-state index < -0.39 is 0 Å². The predicted octanol–water partition coefficient (Wildman–Crippen LogP) is 1.16. The van der Waals surface area contributed by atoms with Gasteiger partial charge in [0.25, 0.3) is 5.91 Å². The van der Waals surface area contributed by atoms with E-state index in [1.54, 1.807) is 11.8 Å². The van der Waals surface area contributed by atoms with Gasteiger partial charge in [0.2, 0.25) is 0 Å². The Kier molecular flexibility index (Phi) is 3.19. The molecule has 0 fully saturated rings. The third-order valence-electron chi connectivity index (χ3n) is 2.59. The molecule has 5 heteroatoms. The van der Waals surface area contributed by atoms with Crippen LogP contribution in [0.3, 0.4) is 0 Å². The first-order valence-electron chi connectivity index (χ1n) is 5.07. The summed E-state index contributed by atoms with van der Waals surface area (Å²) in [6.07, 6.45) is 0. The van der Waals surface area contributed by atoms with Gasteiger partial charge in [-0.15, -0.1) is 0 Å². The van der Waals surface area contributed by atoms with E-state index in [9.17, 15) is 4.79 Å². The molecule has 4 nitrogen and oxygen atoms in total. The van der Waals surface area contributed by atoms with Gasteiger partial charge in [0.1, 0.15) is 0 Å². The Morgan fingerprint density at radius 1 is 1.50 bits per heavy atom. The predicted molar refractivity (Wildman–Crippen MR) is 68.5 cm³/mol. The number of rotatable bonds is 0. The zero-order valence-corrected chi connectivity index (χ0v) is 11.4. The topological polar surface area (TPSA) is 38.1 Å². The second-order valence-corrected chi connectivity index (χ2v) is 4.75. The number of aromatic nitrogens is 2. The molecular weight excluding hydrogens is 317 g/mol. The van der Waals surface area contributed by atoms with Crippen LogP contribution in [-0.4, -0.2) is 27.1 Å². The molecule has 0 N–H and O–H groups in total. The maximum atomic E-state index is 11.6. The van der Waals surface area contributed by atoms with E-state index in [0.717, 1.165) is 21.5 Å². The van der Waals surface area contributed by atoms with Crippen LogP contribution in [0.4, 0.5) is 0 Å². The highest BCUT2D eigenvalue weighted by molar-refractivity contribution is 14.1. The lowest BCUT2D eigenvalue weighted by Gasteiger charge is -2.26. The van der Waals surface area contributed by atoms with Gasteiger partial charge in [-0.1, -0.05) is 5.92 Å². The molecular formula is C11H12IN3O. The molecule has 0 aromatic carbocycles. The van der Waals surface area contributed by atoms with Crippen molar-refractivity contribution < 1.29 is 4.79 Å². The molecule has 1 aromatic heterocycles. The average Bonchev–Trinajstić information content (AvgIpc) is 2.55. The van der Waals surface area contributed by atoms with Crippen LogP contribution in [0.5, 0.6) is 0 Å². The quantitative estimate of drug-likeness (QED) is 0.529. The lowest BCUT2D eigenvalue weighted by Crippen LogP contribution is -2.38. The van der Waals surface area contributed by atoms with Gasteiger partial charge in [-0.3, -0.25) is 9.48 Å². The molecule has 2 rings (SSSR count). The van der Waals surface area contributed by atoms with Crippen molar-refractivity contribution in [2.24, 2.45) is 0 Å². The third-order valence-corrected chi connectivity index (χ3v) is 4.00. The monoisotopic (exact) mass is 329 g/mol. The molecule has 0 atom stereocenters. The van der Waals surface area contributed by atoms with Crippen LogP contribution in [-0.2, 0) is 17.9 Å². The highest BCUT2D eigenvalue weighted by atomic mass is 127. The molecule has 1 amide bonds. The Bertz CT molecular complexity index is 495. The minimum atomic E-state index is -0.0941. The van der Waals surface area contributed by atoms with Gasteiger partial charge < -0.3 is 4.90 Å². The summed E-state index contributed by atoms with van der Waals surface area (Å²) in [6, 6.07) is 0. The van der Waals surface area contributed by atoms with E-state index in [0.29, 0.717) is 13.1 Å². The van der Waals surface area contributed by atoms with Crippen LogP contribution in [0, 0.1) is 22.3 Å². The van der Waals surface area contributed by atoms with Crippen LogP contribution in [0.1, 0.15) is 18.3 Å². The Morgan fingerprint density at radius 2 is 2.25 bits per heavy atom. The van der Waals surface area contributed by atoms with Crippen LogP contribution >= 0.6 is 22.6 Å². The Morgan fingerprint density at radius 3 is 2.94 bits per heavy atom. The summed E-state index contributed by atoms with van der Waals surface area (Å²) in [5, 5.41) is 4.43. The molecule has 1 aliphatic rings. The second kappa shape index (κ2) is 4.45. The summed E-state index contributed by atoms with van der Waals surface area (Å²) in [5.74, 6) is 5.13. The molecule has 0 unspecified atom stereocenters. The SMILES string of the molecule is CC#CC(=O)N1CCn2nc(C)c(I)c2C1. The Hall–Kier alpha value is -1.03.